The summed E-state index contributed by atoms with van der Waals surface area (Å²) in [6, 6.07) is 0. The third-order valence-corrected chi connectivity index (χ3v) is 2.99. The van der Waals surface area contributed by atoms with Gasteiger partial charge in [0, 0.05) is 5.57 Å². The molecule has 1 aliphatic rings. The van der Waals surface area contributed by atoms with E-state index in [1.165, 1.54) is 11.1 Å². The van der Waals surface area contributed by atoms with Crippen LogP contribution >= 0.6 is 0 Å². The Kier molecular flexibility index (Phi) is 5.75. The van der Waals surface area contributed by atoms with Crippen LogP contribution in [0.25, 0.3) is 0 Å². The SMILES string of the molecule is C/C1=C\CC/C(C)=C/COC(=O)/C(C)=C/CC1. The molecule has 1 rings (SSSR count). The maximum Gasteiger partial charge on any atom is 0.333 e. The van der Waals surface area contributed by atoms with Crippen molar-refractivity contribution in [3.05, 3.63) is 34.9 Å². The molecule has 0 unspecified atom stereocenters. The molecule has 0 aromatic heterocycles. The van der Waals surface area contributed by atoms with E-state index in [-0.39, 0.29) is 5.97 Å². The van der Waals surface area contributed by atoms with Crippen LogP contribution in [-0.4, -0.2) is 12.6 Å². The maximum atomic E-state index is 11.6. The summed E-state index contributed by atoms with van der Waals surface area (Å²) in [6.45, 7) is 6.44. The van der Waals surface area contributed by atoms with Crippen molar-refractivity contribution in [3.63, 3.8) is 0 Å². The number of allylic oxidation sites excluding steroid dienone is 4. The van der Waals surface area contributed by atoms with Gasteiger partial charge in [0.25, 0.3) is 0 Å². The summed E-state index contributed by atoms with van der Waals surface area (Å²) < 4.78 is 5.16. The van der Waals surface area contributed by atoms with Crippen LogP contribution in [0.15, 0.2) is 34.9 Å². The van der Waals surface area contributed by atoms with Crippen LogP contribution in [0.1, 0.15) is 46.5 Å². The molecule has 17 heavy (non-hydrogen) atoms. The fourth-order valence-electron chi connectivity index (χ4n) is 1.72. The van der Waals surface area contributed by atoms with Crippen LogP contribution in [0.4, 0.5) is 0 Å². The first-order valence-corrected chi connectivity index (χ1v) is 6.24. The Bertz CT molecular complexity index is 359. The zero-order valence-corrected chi connectivity index (χ0v) is 11.1. The van der Waals surface area contributed by atoms with E-state index in [1.807, 2.05) is 19.1 Å². The van der Waals surface area contributed by atoms with Crippen LogP contribution in [0.3, 0.4) is 0 Å². The van der Waals surface area contributed by atoms with Crippen LogP contribution in [0, 0.1) is 0 Å². The fraction of sp³-hybridized carbons (Fsp3) is 0.533. The van der Waals surface area contributed by atoms with Crippen LogP contribution in [-0.2, 0) is 9.53 Å². The molecule has 0 N–H and O–H groups in total. The minimum Gasteiger partial charge on any atom is -0.458 e. The van der Waals surface area contributed by atoms with E-state index >= 15 is 0 Å². The predicted octanol–water partition coefficient (Wildman–Crippen LogP) is 3.94. The van der Waals surface area contributed by atoms with Crippen molar-refractivity contribution in [3.8, 4) is 0 Å². The van der Waals surface area contributed by atoms with Gasteiger partial charge in [-0.05, 0) is 52.5 Å². The summed E-state index contributed by atoms with van der Waals surface area (Å²) in [6.07, 6.45) is 10.3. The number of carbonyl (C=O) groups is 1. The molecular formula is C15H22O2. The van der Waals surface area contributed by atoms with E-state index in [9.17, 15) is 4.79 Å². The van der Waals surface area contributed by atoms with E-state index in [1.54, 1.807) is 0 Å². The maximum absolute atomic E-state index is 11.6. The third kappa shape index (κ3) is 5.53. The highest BCUT2D eigenvalue weighted by Gasteiger charge is 2.04. The molecule has 0 saturated carbocycles. The normalized spacial score (nSPS) is 29.1. The molecule has 0 fully saturated rings. The van der Waals surface area contributed by atoms with E-state index in [0.717, 1.165) is 25.7 Å². The molecule has 94 valence electrons. The lowest BCUT2D eigenvalue weighted by Crippen LogP contribution is -2.06. The van der Waals surface area contributed by atoms with Crippen molar-refractivity contribution >= 4 is 5.97 Å². The van der Waals surface area contributed by atoms with Gasteiger partial charge in [0.15, 0.2) is 0 Å². The quantitative estimate of drug-likeness (QED) is 0.468. The number of cyclic esters (lactones) is 1. The van der Waals surface area contributed by atoms with E-state index in [2.05, 4.69) is 19.9 Å². The van der Waals surface area contributed by atoms with Gasteiger partial charge in [-0.25, -0.2) is 4.79 Å². The lowest BCUT2D eigenvalue weighted by molar-refractivity contribution is -0.137. The van der Waals surface area contributed by atoms with Crippen LogP contribution in [0.5, 0.6) is 0 Å². The number of carbonyl (C=O) groups excluding carboxylic acids is 1. The molecule has 0 saturated heterocycles. The summed E-state index contributed by atoms with van der Waals surface area (Å²) >= 11 is 0. The molecule has 2 nitrogen and oxygen atoms in total. The standard InChI is InChI=1S/C15H22O2/c1-12-6-4-7-13(2)10-11-17-15(16)14(3)9-5-8-12/h6,9-10H,4-5,7-8,11H2,1-3H3/b12-6+,13-10+,14-9+. The first-order valence-electron chi connectivity index (χ1n) is 6.24. The molecule has 1 aliphatic heterocycles. The lowest BCUT2D eigenvalue weighted by atomic mass is 10.1. The van der Waals surface area contributed by atoms with E-state index in [4.69, 9.17) is 4.74 Å². The number of hydrogen-bond acceptors (Lipinski definition) is 2. The monoisotopic (exact) mass is 234 g/mol. The van der Waals surface area contributed by atoms with Crippen molar-refractivity contribution in [2.75, 3.05) is 6.61 Å². The molecule has 0 bridgehead atoms. The highest BCUT2D eigenvalue weighted by molar-refractivity contribution is 5.87. The van der Waals surface area contributed by atoms with Crippen molar-refractivity contribution in [2.45, 2.75) is 46.5 Å². The first-order chi connectivity index (χ1) is 8.09. The molecule has 0 atom stereocenters. The zero-order valence-electron chi connectivity index (χ0n) is 11.1. The van der Waals surface area contributed by atoms with Gasteiger partial charge in [0.05, 0.1) is 0 Å². The average molecular weight is 234 g/mol. The van der Waals surface area contributed by atoms with Gasteiger partial charge in [0.2, 0.25) is 0 Å². The van der Waals surface area contributed by atoms with Crippen molar-refractivity contribution in [1.29, 1.82) is 0 Å². The summed E-state index contributed by atoms with van der Waals surface area (Å²) in [4.78, 5) is 11.6. The topological polar surface area (TPSA) is 26.3 Å². The minimum absolute atomic E-state index is 0.199. The molecule has 0 radical (unpaired) electrons. The molecule has 0 aromatic carbocycles. The first kappa shape index (κ1) is 13.8. The second-order valence-electron chi connectivity index (χ2n) is 4.66. The Morgan fingerprint density at radius 2 is 1.53 bits per heavy atom. The highest BCUT2D eigenvalue weighted by Crippen LogP contribution is 2.12. The summed E-state index contributed by atoms with van der Waals surface area (Å²) in [7, 11) is 0. The van der Waals surface area contributed by atoms with Crippen LogP contribution < -0.4 is 0 Å². The second-order valence-corrected chi connectivity index (χ2v) is 4.66. The Morgan fingerprint density at radius 1 is 0.941 bits per heavy atom. The summed E-state index contributed by atoms with van der Waals surface area (Å²) in [5.74, 6) is -0.199. The molecule has 0 amide bonds. The van der Waals surface area contributed by atoms with Gasteiger partial charge in [-0.15, -0.1) is 0 Å². The number of ether oxygens (including phenoxy) is 1. The molecule has 0 aromatic rings. The van der Waals surface area contributed by atoms with Crippen molar-refractivity contribution < 1.29 is 9.53 Å². The highest BCUT2D eigenvalue weighted by atomic mass is 16.5. The largest absolute Gasteiger partial charge is 0.458 e. The Morgan fingerprint density at radius 3 is 2.24 bits per heavy atom. The fourth-order valence-corrected chi connectivity index (χ4v) is 1.72. The average Bonchev–Trinajstić information content (AvgIpc) is 2.28. The van der Waals surface area contributed by atoms with Crippen LogP contribution in [0.2, 0.25) is 0 Å². The summed E-state index contributed by atoms with van der Waals surface area (Å²) in [5, 5.41) is 0. The Hall–Kier alpha value is -1.31. The van der Waals surface area contributed by atoms with E-state index in [0.29, 0.717) is 12.2 Å². The smallest absolute Gasteiger partial charge is 0.333 e. The molecular weight excluding hydrogens is 212 g/mol. The molecule has 0 aliphatic carbocycles. The van der Waals surface area contributed by atoms with Gasteiger partial charge >= 0.3 is 5.97 Å². The molecule has 1 heterocycles. The third-order valence-electron chi connectivity index (χ3n) is 2.99. The van der Waals surface area contributed by atoms with Crippen molar-refractivity contribution in [2.24, 2.45) is 0 Å². The second kappa shape index (κ2) is 7.10. The lowest BCUT2D eigenvalue weighted by Gasteiger charge is -2.03. The zero-order chi connectivity index (χ0) is 12.7. The Balaban J connectivity index is 2.72. The molecule has 2 heteroatoms. The summed E-state index contributed by atoms with van der Waals surface area (Å²) in [5.41, 5.74) is 3.39. The van der Waals surface area contributed by atoms with E-state index < -0.39 is 0 Å². The number of esters is 1. The predicted molar refractivity (Wildman–Crippen MR) is 70.7 cm³/mol. The van der Waals surface area contributed by atoms with Crippen molar-refractivity contribution in [1.82, 2.24) is 0 Å². The van der Waals surface area contributed by atoms with Gasteiger partial charge in [-0.3, -0.25) is 0 Å². The number of rotatable bonds is 0. The van der Waals surface area contributed by atoms with Gasteiger partial charge in [0.1, 0.15) is 6.61 Å². The van der Waals surface area contributed by atoms with Gasteiger partial charge < -0.3 is 4.74 Å². The Labute approximate surface area is 104 Å². The number of hydrogen-bond donors (Lipinski definition) is 0. The molecule has 0 spiro atoms. The van der Waals surface area contributed by atoms with Gasteiger partial charge in [-0.1, -0.05) is 23.3 Å². The van der Waals surface area contributed by atoms with Gasteiger partial charge in [-0.2, -0.15) is 0 Å². The minimum atomic E-state index is -0.199.